The fraction of sp³-hybridized carbons (Fsp3) is 0. The molecular weight excluding hydrogens is 751 g/mol. The first kappa shape index (κ1) is 35.7. The minimum atomic E-state index is 0.885. The first-order valence-electron chi connectivity index (χ1n) is 21.3. The number of fused-ring (bicyclic) bond motifs is 14. The number of benzene rings is 10. The molecule has 12 aromatic rings. The monoisotopic (exact) mass is 789 g/mol. The Kier molecular flexibility index (Phi) is 8.53. The van der Waals surface area contributed by atoms with Gasteiger partial charge in [-0.05, 0) is 119 Å². The molecule has 0 saturated carbocycles. The van der Waals surface area contributed by atoms with Crippen molar-refractivity contribution in [2.24, 2.45) is 0 Å². The number of anilines is 3. The molecule has 0 spiro atoms. The molecule has 2 heteroatoms. The van der Waals surface area contributed by atoms with E-state index in [4.69, 9.17) is 4.42 Å². The summed E-state index contributed by atoms with van der Waals surface area (Å²) in [4.78, 5) is 2.37. The molecule has 1 aromatic heterocycles. The Labute approximate surface area is 359 Å². The normalized spacial score (nSPS) is 11.5. The SMILES string of the molecule is c1ccc(-c2ccc(-c3ccc(N(c4ccccc4)c4ccc5c6ccccc6c6ccccc6c6ccccc6c6c(ccc7c8ccccc8oc76)c5c4)cc3)cc2)cc1. The second-order valence-electron chi connectivity index (χ2n) is 16.0. The molecule has 0 aliphatic carbocycles. The fourth-order valence-corrected chi connectivity index (χ4v) is 9.56. The third-order valence-electron chi connectivity index (χ3n) is 12.5. The Bertz CT molecular complexity index is 3720. The van der Waals surface area contributed by atoms with Crippen molar-refractivity contribution in [3.05, 3.63) is 237 Å². The van der Waals surface area contributed by atoms with Crippen molar-refractivity contribution >= 4 is 92.9 Å². The van der Waals surface area contributed by atoms with Gasteiger partial charge in [-0.25, -0.2) is 0 Å². The zero-order chi connectivity index (χ0) is 41.0. The molecule has 0 radical (unpaired) electrons. The summed E-state index contributed by atoms with van der Waals surface area (Å²) in [6.07, 6.45) is 0. The van der Waals surface area contributed by atoms with Gasteiger partial charge in [0.25, 0.3) is 0 Å². The average Bonchev–Trinajstić information content (AvgIpc) is 3.73. The smallest absolute Gasteiger partial charge is 0.143 e. The van der Waals surface area contributed by atoms with Crippen LogP contribution in [0.25, 0.3) is 98.1 Å². The molecule has 0 N–H and O–H groups in total. The summed E-state index contributed by atoms with van der Waals surface area (Å²) in [5.74, 6) is 0. The summed E-state index contributed by atoms with van der Waals surface area (Å²) in [5.41, 5.74) is 9.79. The summed E-state index contributed by atoms with van der Waals surface area (Å²) in [5, 5.41) is 13.8. The molecule has 0 aliphatic heterocycles. The maximum absolute atomic E-state index is 6.93. The zero-order valence-corrected chi connectivity index (χ0v) is 33.9. The van der Waals surface area contributed by atoms with Crippen molar-refractivity contribution in [3.63, 3.8) is 0 Å². The van der Waals surface area contributed by atoms with Gasteiger partial charge >= 0.3 is 0 Å². The molecule has 0 atom stereocenters. The first-order chi connectivity index (χ1) is 30.8. The Morgan fingerprint density at radius 2 is 0.613 bits per heavy atom. The van der Waals surface area contributed by atoms with E-state index in [2.05, 4.69) is 241 Å². The van der Waals surface area contributed by atoms with E-state index in [9.17, 15) is 0 Å². The van der Waals surface area contributed by atoms with Gasteiger partial charge in [-0.2, -0.15) is 0 Å². The largest absolute Gasteiger partial charge is 0.455 e. The molecule has 290 valence electrons. The van der Waals surface area contributed by atoms with Crippen LogP contribution in [0.4, 0.5) is 17.1 Å². The number of furan rings is 1. The van der Waals surface area contributed by atoms with Gasteiger partial charge in [0.1, 0.15) is 11.2 Å². The van der Waals surface area contributed by atoms with Crippen molar-refractivity contribution < 1.29 is 4.42 Å². The van der Waals surface area contributed by atoms with Gasteiger partial charge in [-0.15, -0.1) is 0 Å². The number of nitrogens with zero attached hydrogens (tertiary/aromatic N) is 1. The van der Waals surface area contributed by atoms with Gasteiger partial charge in [0.15, 0.2) is 0 Å². The van der Waals surface area contributed by atoms with Crippen molar-refractivity contribution in [2.45, 2.75) is 0 Å². The lowest BCUT2D eigenvalue weighted by atomic mass is 9.93. The van der Waals surface area contributed by atoms with E-state index in [-0.39, 0.29) is 0 Å². The molecule has 12 rings (SSSR count). The van der Waals surface area contributed by atoms with E-state index in [0.717, 1.165) is 65.9 Å². The van der Waals surface area contributed by atoms with Crippen LogP contribution < -0.4 is 4.90 Å². The van der Waals surface area contributed by atoms with Crippen LogP contribution in [-0.4, -0.2) is 0 Å². The number of para-hydroxylation sites is 2. The number of rotatable bonds is 5. The van der Waals surface area contributed by atoms with Gasteiger partial charge in [0.05, 0.1) is 0 Å². The van der Waals surface area contributed by atoms with Gasteiger partial charge in [-0.3, -0.25) is 0 Å². The van der Waals surface area contributed by atoms with E-state index >= 15 is 0 Å². The minimum absolute atomic E-state index is 0.885. The third-order valence-corrected chi connectivity index (χ3v) is 12.5. The molecule has 62 heavy (non-hydrogen) atoms. The van der Waals surface area contributed by atoms with Crippen molar-refractivity contribution in [1.82, 2.24) is 0 Å². The quantitative estimate of drug-likeness (QED) is 0.173. The molecule has 0 bridgehead atoms. The second kappa shape index (κ2) is 14.8. The van der Waals surface area contributed by atoms with E-state index in [1.165, 1.54) is 49.2 Å². The van der Waals surface area contributed by atoms with E-state index in [0.29, 0.717) is 0 Å². The maximum Gasteiger partial charge on any atom is 0.143 e. The molecule has 0 unspecified atom stereocenters. The summed E-state index contributed by atoms with van der Waals surface area (Å²) >= 11 is 0. The molecule has 0 aliphatic rings. The average molecular weight is 790 g/mol. The van der Waals surface area contributed by atoms with Crippen LogP contribution in [0.1, 0.15) is 0 Å². The van der Waals surface area contributed by atoms with E-state index in [1.807, 2.05) is 0 Å². The van der Waals surface area contributed by atoms with Gasteiger partial charge in [-0.1, -0.05) is 188 Å². The lowest BCUT2D eigenvalue weighted by molar-refractivity contribution is 0.673. The molecule has 0 fully saturated rings. The summed E-state index contributed by atoms with van der Waals surface area (Å²) in [7, 11) is 0. The number of hydrogen-bond donors (Lipinski definition) is 0. The molecular formula is C60H39NO. The Balaban J connectivity index is 1.15. The maximum atomic E-state index is 6.93. The Morgan fingerprint density at radius 1 is 0.242 bits per heavy atom. The predicted molar refractivity (Wildman–Crippen MR) is 264 cm³/mol. The van der Waals surface area contributed by atoms with Crippen molar-refractivity contribution in [1.29, 1.82) is 0 Å². The molecule has 0 amide bonds. The lowest BCUT2D eigenvalue weighted by Gasteiger charge is -2.26. The van der Waals surface area contributed by atoms with Crippen LogP contribution in [0, 0.1) is 0 Å². The van der Waals surface area contributed by atoms with E-state index < -0.39 is 0 Å². The van der Waals surface area contributed by atoms with Crippen LogP contribution in [-0.2, 0) is 0 Å². The van der Waals surface area contributed by atoms with Crippen LogP contribution >= 0.6 is 0 Å². The third kappa shape index (κ3) is 5.96. The fourth-order valence-electron chi connectivity index (χ4n) is 9.56. The van der Waals surface area contributed by atoms with Crippen molar-refractivity contribution in [3.8, 4) is 22.3 Å². The molecule has 2 nitrogen and oxygen atoms in total. The molecule has 11 aromatic carbocycles. The highest BCUT2D eigenvalue weighted by atomic mass is 16.3. The van der Waals surface area contributed by atoms with Gasteiger partial charge < -0.3 is 9.32 Å². The van der Waals surface area contributed by atoms with Gasteiger partial charge in [0, 0.05) is 33.2 Å². The first-order valence-corrected chi connectivity index (χ1v) is 21.3. The zero-order valence-electron chi connectivity index (χ0n) is 33.9. The van der Waals surface area contributed by atoms with E-state index in [1.54, 1.807) is 0 Å². The van der Waals surface area contributed by atoms with Crippen LogP contribution in [0.5, 0.6) is 0 Å². The lowest BCUT2D eigenvalue weighted by Crippen LogP contribution is -2.09. The highest BCUT2D eigenvalue weighted by Gasteiger charge is 2.18. The van der Waals surface area contributed by atoms with Gasteiger partial charge in [0.2, 0.25) is 0 Å². The Morgan fingerprint density at radius 3 is 1.21 bits per heavy atom. The van der Waals surface area contributed by atoms with Crippen molar-refractivity contribution in [2.75, 3.05) is 4.90 Å². The Hall–Kier alpha value is -8.20. The second-order valence-corrected chi connectivity index (χ2v) is 16.0. The summed E-state index contributed by atoms with van der Waals surface area (Å²) in [6.45, 7) is 0. The highest BCUT2D eigenvalue weighted by Crippen LogP contribution is 2.44. The van der Waals surface area contributed by atoms with Crippen LogP contribution in [0.3, 0.4) is 0 Å². The molecule has 1 heterocycles. The summed E-state index contributed by atoms with van der Waals surface area (Å²) < 4.78 is 6.93. The topological polar surface area (TPSA) is 16.4 Å². The van der Waals surface area contributed by atoms with Crippen LogP contribution in [0.15, 0.2) is 241 Å². The summed E-state index contributed by atoms with van der Waals surface area (Å²) in [6, 6.07) is 85.6. The predicted octanol–water partition coefficient (Wildman–Crippen LogP) is 17.3. The standard InChI is InChI=1S/C60H39NO/c1-3-15-40(16-4-1)41-27-29-42(30-28-41)43-31-33-45(34-32-43)61(44-17-5-2-6-18-44)46-35-36-52-50-22-10-8-20-48(50)47-19-7-9-21-49(47)51-23-11-12-25-54(51)59-55(57(52)39-46)37-38-56-53-24-13-14-26-58(53)62-60(56)59/h1-39H. The minimum Gasteiger partial charge on any atom is -0.455 e. The highest BCUT2D eigenvalue weighted by molar-refractivity contribution is 6.31. The molecule has 0 saturated heterocycles. The number of hydrogen-bond acceptors (Lipinski definition) is 2. The van der Waals surface area contributed by atoms with Crippen LogP contribution in [0.2, 0.25) is 0 Å².